The molecular formula is C23H32N6O6S. The van der Waals surface area contributed by atoms with E-state index in [0.717, 1.165) is 5.56 Å². The van der Waals surface area contributed by atoms with Crippen LogP contribution in [-0.4, -0.2) is 86.7 Å². The number of aromatic nitrogens is 2. The molecule has 2 aromatic rings. The molecule has 4 atom stereocenters. The number of H-pyrrole nitrogens is 1. The Morgan fingerprint density at radius 1 is 1.00 bits per heavy atom. The number of aromatic amines is 1. The van der Waals surface area contributed by atoms with Crippen molar-refractivity contribution in [3.63, 3.8) is 0 Å². The lowest BCUT2D eigenvalue weighted by atomic mass is 10.0. The smallest absolute Gasteiger partial charge is 0.328 e. The van der Waals surface area contributed by atoms with Gasteiger partial charge in [0.15, 0.2) is 0 Å². The first-order valence-corrected chi connectivity index (χ1v) is 12.6. The third kappa shape index (κ3) is 9.32. The number of imidazole rings is 1. The molecule has 13 heteroatoms. The zero-order chi connectivity index (χ0) is 26.5. The Morgan fingerprint density at radius 2 is 1.64 bits per heavy atom. The first-order chi connectivity index (χ1) is 17.2. The van der Waals surface area contributed by atoms with E-state index in [1.165, 1.54) is 18.1 Å². The fraction of sp³-hybridized carbons (Fsp3) is 0.435. The van der Waals surface area contributed by atoms with Gasteiger partial charge in [-0.25, -0.2) is 9.78 Å². The molecule has 0 radical (unpaired) electrons. The second kappa shape index (κ2) is 14.9. The number of thioether (sulfide) groups is 1. The van der Waals surface area contributed by atoms with Crippen molar-refractivity contribution in [3.05, 3.63) is 54.1 Å². The Hall–Kier alpha value is -3.42. The molecule has 36 heavy (non-hydrogen) atoms. The number of carbonyl (C=O) groups is 4. The largest absolute Gasteiger partial charge is 0.480 e. The molecule has 0 aliphatic carbocycles. The van der Waals surface area contributed by atoms with E-state index in [1.54, 1.807) is 36.5 Å². The SMILES string of the molecule is CSCCC(NC(=O)C(N)Cc1cnc[nH]1)C(=O)NC(Cc1ccccc1)C(=O)NC(CO)C(=O)O. The number of hydrogen-bond acceptors (Lipinski definition) is 8. The molecule has 1 aromatic carbocycles. The first-order valence-electron chi connectivity index (χ1n) is 11.3. The Balaban J connectivity index is 2.15. The van der Waals surface area contributed by atoms with Crippen molar-refractivity contribution in [3.8, 4) is 0 Å². The standard InChI is InChI=1S/C23H32N6O6S/c1-36-8-7-17(27-20(31)16(24)10-15-11-25-13-26-15)21(32)28-18(9-14-5-3-2-4-6-14)22(33)29-19(12-30)23(34)35/h2-6,11,13,16-19,30H,7-10,12,24H2,1H3,(H,25,26)(H,27,31)(H,28,32)(H,29,33)(H,34,35). The first kappa shape index (κ1) is 28.8. The summed E-state index contributed by atoms with van der Waals surface area (Å²) >= 11 is 1.48. The number of carbonyl (C=O) groups excluding carboxylic acids is 3. The second-order valence-corrected chi connectivity index (χ2v) is 9.05. The normalized spacial score (nSPS) is 14.2. The molecule has 4 unspecified atom stereocenters. The van der Waals surface area contributed by atoms with Gasteiger partial charge in [0.1, 0.15) is 18.1 Å². The summed E-state index contributed by atoms with van der Waals surface area (Å²) in [5, 5.41) is 26.0. The number of aliphatic hydroxyl groups is 1. The summed E-state index contributed by atoms with van der Waals surface area (Å²) in [4.78, 5) is 56.8. The fourth-order valence-corrected chi connectivity index (χ4v) is 3.77. The summed E-state index contributed by atoms with van der Waals surface area (Å²) in [6, 6.07) is 4.26. The second-order valence-electron chi connectivity index (χ2n) is 8.06. The molecule has 0 spiro atoms. The molecule has 0 aliphatic heterocycles. The number of benzene rings is 1. The van der Waals surface area contributed by atoms with Crippen LogP contribution in [0.15, 0.2) is 42.9 Å². The Bertz CT molecular complexity index is 990. The van der Waals surface area contributed by atoms with Crippen molar-refractivity contribution in [2.75, 3.05) is 18.6 Å². The molecule has 0 bridgehead atoms. The summed E-state index contributed by atoms with van der Waals surface area (Å²) in [6.07, 6.45) is 5.42. The van der Waals surface area contributed by atoms with Crippen LogP contribution in [0, 0.1) is 0 Å². The number of hydrogen-bond donors (Lipinski definition) is 7. The predicted octanol–water partition coefficient (Wildman–Crippen LogP) is -1.19. The van der Waals surface area contributed by atoms with Crippen molar-refractivity contribution < 1.29 is 29.4 Å². The Labute approximate surface area is 212 Å². The highest BCUT2D eigenvalue weighted by atomic mass is 32.2. The van der Waals surface area contributed by atoms with Crippen LogP contribution in [0.25, 0.3) is 0 Å². The highest BCUT2D eigenvalue weighted by molar-refractivity contribution is 7.98. The highest BCUT2D eigenvalue weighted by Crippen LogP contribution is 2.07. The van der Waals surface area contributed by atoms with E-state index in [4.69, 9.17) is 5.73 Å². The molecule has 196 valence electrons. The minimum atomic E-state index is -1.53. The minimum Gasteiger partial charge on any atom is -0.480 e. The summed E-state index contributed by atoms with van der Waals surface area (Å²) < 4.78 is 0. The van der Waals surface area contributed by atoms with Gasteiger partial charge in [-0.05, 0) is 24.0 Å². The Morgan fingerprint density at radius 3 is 2.22 bits per heavy atom. The molecule has 0 saturated carbocycles. The molecule has 12 nitrogen and oxygen atoms in total. The summed E-state index contributed by atoms with van der Waals surface area (Å²) in [5.41, 5.74) is 7.38. The van der Waals surface area contributed by atoms with E-state index in [1.807, 2.05) is 6.26 Å². The van der Waals surface area contributed by atoms with Gasteiger partial charge in [-0.2, -0.15) is 11.8 Å². The van der Waals surface area contributed by atoms with Gasteiger partial charge in [-0.3, -0.25) is 14.4 Å². The van der Waals surface area contributed by atoms with E-state index >= 15 is 0 Å². The summed E-state index contributed by atoms with van der Waals surface area (Å²) in [5.74, 6) is -2.79. The molecule has 1 heterocycles. The zero-order valence-electron chi connectivity index (χ0n) is 19.8. The van der Waals surface area contributed by atoms with E-state index in [2.05, 4.69) is 25.9 Å². The fourth-order valence-electron chi connectivity index (χ4n) is 3.30. The van der Waals surface area contributed by atoms with E-state index in [-0.39, 0.29) is 19.3 Å². The maximum atomic E-state index is 13.2. The van der Waals surface area contributed by atoms with Gasteiger partial charge in [0.2, 0.25) is 17.7 Å². The minimum absolute atomic E-state index is 0.0682. The van der Waals surface area contributed by atoms with Gasteiger partial charge in [-0.15, -0.1) is 0 Å². The zero-order valence-corrected chi connectivity index (χ0v) is 20.7. The number of aliphatic hydroxyl groups excluding tert-OH is 1. The molecule has 2 rings (SSSR count). The van der Waals surface area contributed by atoms with Gasteiger partial charge in [-0.1, -0.05) is 30.3 Å². The van der Waals surface area contributed by atoms with Crippen molar-refractivity contribution in [2.45, 2.75) is 43.4 Å². The van der Waals surface area contributed by atoms with Gasteiger partial charge in [0, 0.05) is 24.7 Å². The number of carboxylic acids is 1. The lowest BCUT2D eigenvalue weighted by Gasteiger charge is -2.25. The van der Waals surface area contributed by atoms with Gasteiger partial charge < -0.3 is 36.9 Å². The molecule has 0 saturated heterocycles. The van der Waals surface area contributed by atoms with Crippen LogP contribution < -0.4 is 21.7 Å². The van der Waals surface area contributed by atoms with Crippen LogP contribution in [0.5, 0.6) is 0 Å². The maximum absolute atomic E-state index is 13.2. The van der Waals surface area contributed by atoms with Crippen molar-refractivity contribution in [1.82, 2.24) is 25.9 Å². The van der Waals surface area contributed by atoms with Crippen LogP contribution in [-0.2, 0) is 32.0 Å². The summed E-state index contributed by atoms with van der Waals surface area (Å²) in [7, 11) is 0. The van der Waals surface area contributed by atoms with Crippen LogP contribution in [0.3, 0.4) is 0 Å². The third-order valence-electron chi connectivity index (χ3n) is 5.29. The van der Waals surface area contributed by atoms with Crippen molar-refractivity contribution >= 4 is 35.5 Å². The number of nitrogens with two attached hydrogens (primary N) is 1. The van der Waals surface area contributed by atoms with E-state index in [0.29, 0.717) is 11.4 Å². The highest BCUT2D eigenvalue weighted by Gasteiger charge is 2.30. The topological polar surface area (TPSA) is 200 Å². The molecular weight excluding hydrogens is 488 g/mol. The average Bonchev–Trinajstić information content (AvgIpc) is 3.37. The number of amides is 3. The quantitative estimate of drug-likeness (QED) is 0.151. The van der Waals surface area contributed by atoms with Gasteiger partial charge >= 0.3 is 5.97 Å². The lowest BCUT2D eigenvalue weighted by molar-refractivity contribution is -0.143. The lowest BCUT2D eigenvalue weighted by Crippen LogP contribution is -2.58. The number of nitrogens with one attached hydrogen (secondary N) is 4. The molecule has 0 aliphatic rings. The maximum Gasteiger partial charge on any atom is 0.328 e. The molecule has 8 N–H and O–H groups in total. The Kier molecular flexibility index (Phi) is 11.9. The van der Waals surface area contributed by atoms with Crippen LogP contribution in [0.1, 0.15) is 17.7 Å². The third-order valence-corrected chi connectivity index (χ3v) is 5.93. The van der Waals surface area contributed by atoms with Crippen molar-refractivity contribution in [1.29, 1.82) is 0 Å². The van der Waals surface area contributed by atoms with E-state index < -0.39 is 54.5 Å². The number of nitrogens with zero attached hydrogens (tertiary/aromatic N) is 1. The number of aliphatic carboxylic acids is 1. The molecule has 0 fully saturated rings. The van der Waals surface area contributed by atoms with Gasteiger partial charge in [0.05, 0.1) is 19.0 Å². The monoisotopic (exact) mass is 520 g/mol. The van der Waals surface area contributed by atoms with Crippen molar-refractivity contribution in [2.24, 2.45) is 5.73 Å². The van der Waals surface area contributed by atoms with E-state index in [9.17, 15) is 29.4 Å². The van der Waals surface area contributed by atoms with Crippen LogP contribution in [0.2, 0.25) is 0 Å². The number of carboxylic acid groups (broad SMARTS) is 1. The van der Waals surface area contributed by atoms with Crippen LogP contribution >= 0.6 is 11.8 Å². The van der Waals surface area contributed by atoms with Crippen LogP contribution in [0.4, 0.5) is 0 Å². The molecule has 1 aromatic heterocycles. The molecule has 3 amide bonds. The van der Waals surface area contributed by atoms with Gasteiger partial charge in [0.25, 0.3) is 0 Å². The average molecular weight is 521 g/mol. The predicted molar refractivity (Wildman–Crippen MR) is 134 cm³/mol. The summed E-state index contributed by atoms with van der Waals surface area (Å²) in [6.45, 7) is -0.812. The number of rotatable bonds is 15.